The number of halogens is 1. The van der Waals surface area contributed by atoms with E-state index in [2.05, 4.69) is 30.0 Å². The first-order chi connectivity index (χ1) is 18.1. The highest BCUT2D eigenvalue weighted by atomic mass is 35.5. The zero-order valence-electron chi connectivity index (χ0n) is 22.1. The van der Waals surface area contributed by atoms with E-state index in [1.165, 1.54) is 19.5 Å². The Balaban J connectivity index is 1.77. The molecule has 0 amide bonds. The van der Waals surface area contributed by atoms with Crippen LogP contribution in [0.15, 0.2) is 30.6 Å². The molecule has 0 fully saturated rings. The Morgan fingerprint density at radius 2 is 1.84 bits per heavy atom. The lowest BCUT2D eigenvalue weighted by Crippen LogP contribution is -2.32. The number of benzene rings is 1. The standard InChI is InChI=1S/C24H31ClN8O4S/c1-14-7-8-19-18(11-14)21(30-32(19)4)23-28-29-24(33(23)20(37-6)9-10-36-5)31-38(34,35)16(3)15(2)22-26-12-17(25)13-27-22/h7-8,11-13,15-16,20H,9-10H2,1-6H3,(H,29,31)/t15-,16-,20?/m0/s1. The van der Waals surface area contributed by atoms with Crippen LogP contribution in [-0.2, 0) is 26.5 Å². The molecule has 14 heteroatoms. The van der Waals surface area contributed by atoms with Gasteiger partial charge in [-0.25, -0.2) is 18.4 Å². The quantitative estimate of drug-likeness (QED) is 0.290. The molecule has 3 heterocycles. The summed E-state index contributed by atoms with van der Waals surface area (Å²) in [5, 5.41) is 13.6. The van der Waals surface area contributed by atoms with Gasteiger partial charge in [-0.05, 0) is 26.0 Å². The number of nitrogens with one attached hydrogen (secondary N) is 1. The second-order valence-corrected chi connectivity index (χ2v) is 11.6. The number of rotatable bonds is 11. The highest BCUT2D eigenvalue weighted by molar-refractivity contribution is 7.93. The summed E-state index contributed by atoms with van der Waals surface area (Å²) in [5.41, 5.74) is 2.51. The van der Waals surface area contributed by atoms with E-state index < -0.39 is 27.4 Å². The summed E-state index contributed by atoms with van der Waals surface area (Å²) < 4.78 is 44.0. The van der Waals surface area contributed by atoms with Crippen LogP contribution in [0.2, 0.25) is 5.02 Å². The third kappa shape index (κ3) is 5.51. The summed E-state index contributed by atoms with van der Waals surface area (Å²) in [6, 6.07) is 5.99. The van der Waals surface area contributed by atoms with E-state index in [4.69, 9.17) is 21.1 Å². The molecule has 4 rings (SSSR count). The molecule has 0 aliphatic rings. The molecule has 1 aromatic carbocycles. The van der Waals surface area contributed by atoms with Gasteiger partial charge in [-0.2, -0.15) is 5.10 Å². The van der Waals surface area contributed by atoms with Gasteiger partial charge in [0.15, 0.2) is 5.82 Å². The van der Waals surface area contributed by atoms with E-state index in [9.17, 15) is 8.42 Å². The number of anilines is 1. The van der Waals surface area contributed by atoms with Crippen LogP contribution in [-0.4, -0.2) is 69.0 Å². The van der Waals surface area contributed by atoms with Gasteiger partial charge < -0.3 is 9.47 Å². The van der Waals surface area contributed by atoms with Gasteiger partial charge in [0, 0.05) is 51.4 Å². The van der Waals surface area contributed by atoms with Crippen molar-refractivity contribution in [3.8, 4) is 11.5 Å². The molecule has 1 unspecified atom stereocenters. The van der Waals surface area contributed by atoms with Crippen molar-refractivity contribution >= 4 is 38.5 Å². The second-order valence-electron chi connectivity index (χ2n) is 9.08. The Morgan fingerprint density at radius 1 is 1.13 bits per heavy atom. The van der Waals surface area contributed by atoms with Crippen LogP contribution >= 0.6 is 11.6 Å². The normalized spacial score (nSPS) is 14.5. The number of hydrogen-bond acceptors (Lipinski definition) is 9. The van der Waals surface area contributed by atoms with Crippen molar-refractivity contribution in [2.75, 3.05) is 25.5 Å². The summed E-state index contributed by atoms with van der Waals surface area (Å²) in [7, 11) is 0.989. The van der Waals surface area contributed by atoms with Gasteiger partial charge in [-0.3, -0.25) is 14.0 Å². The summed E-state index contributed by atoms with van der Waals surface area (Å²) in [4.78, 5) is 8.36. The molecule has 0 saturated heterocycles. The van der Waals surface area contributed by atoms with Crippen LogP contribution in [0.25, 0.3) is 22.4 Å². The van der Waals surface area contributed by atoms with Crippen LogP contribution in [0.1, 0.15) is 43.8 Å². The third-order valence-electron chi connectivity index (χ3n) is 6.52. The Kier molecular flexibility index (Phi) is 8.31. The van der Waals surface area contributed by atoms with Gasteiger partial charge in [0.2, 0.25) is 16.0 Å². The number of fused-ring (bicyclic) bond motifs is 1. The SMILES string of the molecule is COCCC(OC)n1c(NS(=O)(=O)[C@@H](C)[C@H](C)c2ncc(Cl)cn2)nnc1-c1nn(C)c2ccc(C)cc12. The highest BCUT2D eigenvalue weighted by Crippen LogP contribution is 2.33. The fourth-order valence-electron chi connectivity index (χ4n) is 4.17. The van der Waals surface area contributed by atoms with Crippen LogP contribution < -0.4 is 4.72 Å². The molecule has 1 N–H and O–H groups in total. The minimum atomic E-state index is -3.97. The van der Waals surface area contributed by atoms with E-state index in [1.807, 2.05) is 32.2 Å². The first-order valence-electron chi connectivity index (χ1n) is 12.0. The smallest absolute Gasteiger partial charge is 0.240 e. The van der Waals surface area contributed by atoms with Gasteiger partial charge in [-0.15, -0.1) is 10.2 Å². The van der Waals surface area contributed by atoms with Crippen LogP contribution in [0.4, 0.5) is 5.95 Å². The summed E-state index contributed by atoms with van der Waals surface area (Å²) in [6.07, 6.45) is 2.66. The zero-order chi connectivity index (χ0) is 27.6. The number of aromatic nitrogens is 7. The molecule has 0 aliphatic carbocycles. The highest BCUT2D eigenvalue weighted by Gasteiger charge is 2.33. The molecule has 0 spiro atoms. The molecular formula is C24H31ClN8O4S. The Labute approximate surface area is 226 Å². The van der Waals surface area contributed by atoms with Crippen molar-refractivity contribution in [2.24, 2.45) is 7.05 Å². The van der Waals surface area contributed by atoms with Crippen LogP contribution in [0, 0.1) is 6.92 Å². The number of nitrogens with zero attached hydrogens (tertiary/aromatic N) is 7. The van der Waals surface area contributed by atoms with Gasteiger partial charge in [0.1, 0.15) is 17.7 Å². The average Bonchev–Trinajstić information content (AvgIpc) is 3.43. The van der Waals surface area contributed by atoms with Crippen molar-refractivity contribution < 1.29 is 17.9 Å². The van der Waals surface area contributed by atoms with Gasteiger partial charge in [0.05, 0.1) is 22.4 Å². The molecule has 0 saturated carbocycles. The minimum Gasteiger partial charge on any atom is -0.385 e. The van der Waals surface area contributed by atoms with Crippen molar-refractivity contribution in [1.82, 2.24) is 34.5 Å². The van der Waals surface area contributed by atoms with Gasteiger partial charge in [0.25, 0.3) is 0 Å². The van der Waals surface area contributed by atoms with E-state index >= 15 is 0 Å². The van der Waals surface area contributed by atoms with Gasteiger partial charge >= 0.3 is 0 Å². The monoisotopic (exact) mass is 562 g/mol. The molecule has 0 bridgehead atoms. The van der Waals surface area contributed by atoms with Crippen LogP contribution in [0.3, 0.4) is 0 Å². The summed E-state index contributed by atoms with van der Waals surface area (Å²) >= 11 is 5.89. The molecule has 3 aromatic heterocycles. The number of sulfonamides is 1. The van der Waals surface area contributed by atoms with Gasteiger partial charge in [-0.1, -0.05) is 30.2 Å². The van der Waals surface area contributed by atoms with Crippen molar-refractivity contribution in [2.45, 2.75) is 44.6 Å². The third-order valence-corrected chi connectivity index (χ3v) is 8.57. The van der Waals surface area contributed by atoms with E-state index in [1.54, 1.807) is 30.2 Å². The first-order valence-corrected chi connectivity index (χ1v) is 13.9. The topological polar surface area (TPSA) is 139 Å². The van der Waals surface area contributed by atoms with Crippen LogP contribution in [0.5, 0.6) is 0 Å². The number of hydrogen-bond donors (Lipinski definition) is 1. The molecule has 0 aliphatic heterocycles. The molecule has 3 atom stereocenters. The zero-order valence-corrected chi connectivity index (χ0v) is 23.7. The molecule has 204 valence electrons. The lowest BCUT2D eigenvalue weighted by molar-refractivity contribution is 0.0189. The van der Waals surface area contributed by atoms with Crippen molar-refractivity contribution in [3.63, 3.8) is 0 Å². The maximum absolute atomic E-state index is 13.5. The lowest BCUT2D eigenvalue weighted by Gasteiger charge is -2.23. The minimum absolute atomic E-state index is 0.00508. The molecule has 12 nitrogen and oxygen atoms in total. The maximum Gasteiger partial charge on any atom is 0.240 e. The molecular weight excluding hydrogens is 532 g/mol. The van der Waals surface area contributed by atoms with Crippen molar-refractivity contribution in [1.29, 1.82) is 0 Å². The number of methoxy groups -OCH3 is 2. The summed E-state index contributed by atoms with van der Waals surface area (Å²) in [5.74, 6) is 0.198. The van der Waals surface area contributed by atoms with E-state index in [0.717, 1.165) is 16.5 Å². The number of aryl methyl sites for hydroxylation is 2. The van der Waals surface area contributed by atoms with E-state index in [0.29, 0.717) is 35.4 Å². The Morgan fingerprint density at radius 3 is 2.50 bits per heavy atom. The Hall–Kier alpha value is -3.13. The fourth-order valence-corrected chi connectivity index (χ4v) is 5.50. The molecule has 4 aromatic rings. The van der Waals surface area contributed by atoms with E-state index in [-0.39, 0.29) is 5.95 Å². The predicted molar refractivity (Wildman–Crippen MR) is 144 cm³/mol. The first kappa shape index (κ1) is 27.9. The molecule has 0 radical (unpaired) electrons. The Bertz CT molecular complexity index is 1520. The lowest BCUT2D eigenvalue weighted by atomic mass is 10.1. The summed E-state index contributed by atoms with van der Waals surface area (Å²) in [6.45, 7) is 5.68. The maximum atomic E-state index is 13.5. The average molecular weight is 563 g/mol. The second kappa shape index (κ2) is 11.3. The fraction of sp³-hybridized carbons (Fsp3) is 0.458. The van der Waals surface area contributed by atoms with Crippen molar-refractivity contribution in [3.05, 3.63) is 47.0 Å². The largest absolute Gasteiger partial charge is 0.385 e. The predicted octanol–water partition coefficient (Wildman–Crippen LogP) is 3.70. The molecule has 38 heavy (non-hydrogen) atoms. The number of ether oxygens (including phenoxy) is 2.